The van der Waals surface area contributed by atoms with E-state index in [0.717, 1.165) is 16.4 Å². The molecule has 0 atom stereocenters. The van der Waals surface area contributed by atoms with Crippen LogP contribution in [-0.4, -0.2) is 16.1 Å². The van der Waals surface area contributed by atoms with Crippen molar-refractivity contribution < 1.29 is 4.43 Å². The van der Waals surface area contributed by atoms with Gasteiger partial charge in [-0.15, -0.1) is 0 Å². The van der Waals surface area contributed by atoms with Crippen LogP contribution in [-0.2, 0) is 4.43 Å². The molecule has 0 aromatic rings. The quantitative estimate of drug-likeness (QED) is 0.494. The maximum Gasteiger partial charge on any atom is 0.146 e. The van der Waals surface area contributed by atoms with Crippen molar-refractivity contribution in [1.82, 2.24) is 0 Å². The Bertz CT molecular complexity index is 86.5. The number of rotatable bonds is 2. The van der Waals surface area contributed by atoms with Crippen molar-refractivity contribution in [2.45, 2.75) is 32.3 Å². The third-order valence-corrected chi connectivity index (χ3v) is 3.14. The minimum atomic E-state index is 0.215. The molecule has 1 saturated carbocycles. The Morgan fingerprint density at radius 2 is 2.00 bits per heavy atom. The molecule has 1 fully saturated rings. The normalized spacial score (nSPS) is 21.8. The van der Waals surface area contributed by atoms with E-state index < -0.39 is 0 Å². The van der Waals surface area contributed by atoms with E-state index >= 15 is 0 Å². The highest BCUT2D eigenvalue weighted by atomic mass is 28.2. The van der Waals surface area contributed by atoms with Gasteiger partial charge in [0.05, 0.1) is 5.60 Å². The van der Waals surface area contributed by atoms with Crippen LogP contribution in [0, 0.1) is 5.92 Å². The molecular formula is C6H14OSi. The molecule has 0 spiro atoms. The van der Waals surface area contributed by atoms with Crippen molar-refractivity contribution in [3.63, 3.8) is 0 Å². The smallest absolute Gasteiger partial charge is 0.146 e. The third-order valence-electron chi connectivity index (χ3n) is 2.09. The predicted molar refractivity (Wildman–Crippen MR) is 37.8 cm³/mol. The van der Waals surface area contributed by atoms with Gasteiger partial charge < -0.3 is 4.43 Å². The molecule has 8 heavy (non-hydrogen) atoms. The average molecular weight is 130 g/mol. The van der Waals surface area contributed by atoms with Gasteiger partial charge in [-0.3, -0.25) is 0 Å². The molecule has 0 aromatic heterocycles. The lowest BCUT2D eigenvalue weighted by molar-refractivity contribution is 0.0977. The zero-order valence-electron chi connectivity index (χ0n) is 5.90. The highest BCUT2D eigenvalue weighted by Gasteiger charge is 2.36. The van der Waals surface area contributed by atoms with Crippen LogP contribution >= 0.6 is 0 Å². The minimum Gasteiger partial charge on any atom is -0.423 e. The van der Waals surface area contributed by atoms with Crippen molar-refractivity contribution in [3.05, 3.63) is 0 Å². The molecular weight excluding hydrogens is 116 g/mol. The summed E-state index contributed by atoms with van der Waals surface area (Å²) in [5.41, 5.74) is 0.215. The van der Waals surface area contributed by atoms with E-state index in [1.807, 2.05) is 0 Å². The molecule has 0 saturated heterocycles. The summed E-state index contributed by atoms with van der Waals surface area (Å²) in [6, 6.07) is 0. The van der Waals surface area contributed by atoms with Crippen LogP contribution in [0.2, 0.25) is 0 Å². The van der Waals surface area contributed by atoms with E-state index in [1.54, 1.807) is 0 Å². The molecule has 0 aromatic carbocycles. The molecule has 1 rings (SSSR count). The Kier molecular flexibility index (Phi) is 1.45. The van der Waals surface area contributed by atoms with E-state index in [2.05, 4.69) is 13.8 Å². The highest BCUT2D eigenvalue weighted by molar-refractivity contribution is 5.98. The first kappa shape index (κ1) is 6.30. The lowest BCUT2D eigenvalue weighted by atomic mass is 10.0. The summed E-state index contributed by atoms with van der Waals surface area (Å²) in [5.74, 6) is 0.875. The summed E-state index contributed by atoms with van der Waals surface area (Å²) in [7, 11) is 0.885. The Labute approximate surface area is 54.0 Å². The summed E-state index contributed by atoms with van der Waals surface area (Å²) in [6.07, 6.45) is 2.77. The second kappa shape index (κ2) is 1.85. The van der Waals surface area contributed by atoms with E-state index in [1.165, 1.54) is 12.8 Å². The predicted octanol–water partition coefficient (Wildman–Crippen LogP) is 0.472. The molecule has 48 valence electrons. The van der Waals surface area contributed by atoms with E-state index in [-0.39, 0.29) is 5.60 Å². The van der Waals surface area contributed by atoms with Gasteiger partial charge in [-0.25, -0.2) is 0 Å². The summed E-state index contributed by atoms with van der Waals surface area (Å²) in [6.45, 7) is 4.38. The first-order chi connectivity index (χ1) is 3.67. The van der Waals surface area contributed by atoms with Crippen LogP contribution in [0.4, 0.5) is 0 Å². The van der Waals surface area contributed by atoms with Crippen LogP contribution in [0.3, 0.4) is 0 Å². The number of hydrogen-bond acceptors (Lipinski definition) is 1. The molecule has 1 aliphatic carbocycles. The lowest BCUT2D eigenvalue weighted by Crippen LogP contribution is -2.25. The standard InChI is InChI=1S/C6H14OSi/c1-6(2,7-8)5-3-4-5/h5H,3-4H2,1-2,8H3. The molecule has 0 N–H and O–H groups in total. The molecule has 0 amide bonds. The van der Waals surface area contributed by atoms with Gasteiger partial charge in [0.1, 0.15) is 10.5 Å². The average Bonchev–Trinajstić information content (AvgIpc) is 2.44. The fraction of sp³-hybridized carbons (Fsp3) is 1.00. The molecule has 0 heterocycles. The molecule has 0 bridgehead atoms. The van der Waals surface area contributed by atoms with Crippen LogP contribution in [0.15, 0.2) is 0 Å². The van der Waals surface area contributed by atoms with Gasteiger partial charge in [-0.05, 0) is 32.6 Å². The van der Waals surface area contributed by atoms with Gasteiger partial charge in [0.2, 0.25) is 0 Å². The lowest BCUT2D eigenvalue weighted by Gasteiger charge is -2.22. The second-order valence-corrected chi connectivity index (χ2v) is 3.49. The SMILES string of the molecule is CC(C)(O[SiH3])C1CC1. The van der Waals surface area contributed by atoms with E-state index in [9.17, 15) is 0 Å². The maximum absolute atomic E-state index is 5.40. The zero-order valence-corrected chi connectivity index (χ0v) is 7.90. The molecule has 0 aliphatic heterocycles. The van der Waals surface area contributed by atoms with Gasteiger partial charge in [0.15, 0.2) is 0 Å². The van der Waals surface area contributed by atoms with Crippen molar-refractivity contribution in [2.24, 2.45) is 5.92 Å². The molecule has 1 nitrogen and oxygen atoms in total. The van der Waals surface area contributed by atoms with Crippen molar-refractivity contribution in [1.29, 1.82) is 0 Å². The van der Waals surface area contributed by atoms with Gasteiger partial charge in [0.25, 0.3) is 0 Å². The molecule has 0 unspecified atom stereocenters. The Morgan fingerprint density at radius 3 is 2.12 bits per heavy atom. The Morgan fingerprint density at radius 1 is 1.50 bits per heavy atom. The third kappa shape index (κ3) is 1.12. The van der Waals surface area contributed by atoms with Crippen molar-refractivity contribution in [2.75, 3.05) is 0 Å². The van der Waals surface area contributed by atoms with Crippen LogP contribution in [0.5, 0.6) is 0 Å². The van der Waals surface area contributed by atoms with Crippen molar-refractivity contribution >= 4 is 10.5 Å². The Hall–Kier alpha value is 0.177. The first-order valence-corrected chi connectivity index (χ1v) is 4.03. The van der Waals surface area contributed by atoms with Crippen LogP contribution in [0.25, 0.3) is 0 Å². The largest absolute Gasteiger partial charge is 0.423 e. The summed E-state index contributed by atoms with van der Waals surface area (Å²) >= 11 is 0. The van der Waals surface area contributed by atoms with Gasteiger partial charge in [-0.2, -0.15) is 0 Å². The Balaban J connectivity index is 2.37. The molecule has 0 radical (unpaired) electrons. The summed E-state index contributed by atoms with van der Waals surface area (Å²) in [4.78, 5) is 0. The topological polar surface area (TPSA) is 9.23 Å². The molecule has 1 aliphatic rings. The van der Waals surface area contributed by atoms with E-state index in [4.69, 9.17) is 4.43 Å². The fourth-order valence-electron chi connectivity index (χ4n) is 0.945. The van der Waals surface area contributed by atoms with Crippen LogP contribution < -0.4 is 0 Å². The first-order valence-electron chi connectivity index (χ1n) is 3.22. The second-order valence-electron chi connectivity index (χ2n) is 3.08. The summed E-state index contributed by atoms with van der Waals surface area (Å²) < 4.78 is 5.40. The highest BCUT2D eigenvalue weighted by Crippen LogP contribution is 2.40. The van der Waals surface area contributed by atoms with E-state index in [0.29, 0.717) is 0 Å². The van der Waals surface area contributed by atoms with Gasteiger partial charge in [-0.1, -0.05) is 0 Å². The van der Waals surface area contributed by atoms with Gasteiger partial charge >= 0.3 is 0 Å². The monoisotopic (exact) mass is 130 g/mol. The molecule has 2 heteroatoms. The van der Waals surface area contributed by atoms with Crippen molar-refractivity contribution in [3.8, 4) is 0 Å². The zero-order chi connectivity index (χ0) is 6.20. The van der Waals surface area contributed by atoms with Crippen LogP contribution in [0.1, 0.15) is 26.7 Å². The maximum atomic E-state index is 5.40. The minimum absolute atomic E-state index is 0.215. The van der Waals surface area contributed by atoms with Gasteiger partial charge in [0, 0.05) is 0 Å². The summed E-state index contributed by atoms with van der Waals surface area (Å²) in [5, 5.41) is 0. The number of hydrogen-bond donors (Lipinski definition) is 0. The fourth-order valence-corrected chi connectivity index (χ4v) is 1.28.